The van der Waals surface area contributed by atoms with E-state index in [-0.39, 0.29) is 11.6 Å². The number of nitrogens with zero attached hydrogens (tertiary/aromatic N) is 1. The first-order valence-electron chi connectivity index (χ1n) is 9.96. The second-order valence-corrected chi connectivity index (χ2v) is 8.66. The van der Waals surface area contributed by atoms with E-state index in [2.05, 4.69) is 12.2 Å². The van der Waals surface area contributed by atoms with Crippen LogP contribution in [0.25, 0.3) is 0 Å². The lowest BCUT2D eigenvalue weighted by molar-refractivity contribution is -0.120. The first-order valence-corrected chi connectivity index (χ1v) is 11.2. The summed E-state index contributed by atoms with van der Waals surface area (Å²) in [6.45, 7) is 3.96. The van der Waals surface area contributed by atoms with Gasteiger partial charge in [-0.2, -0.15) is 0 Å². The number of hydrogen-bond donors (Lipinski definition) is 1. The zero-order valence-electron chi connectivity index (χ0n) is 17.2. The summed E-state index contributed by atoms with van der Waals surface area (Å²) < 4.78 is 0. The van der Waals surface area contributed by atoms with Gasteiger partial charge in [-0.1, -0.05) is 66.7 Å². The maximum atomic E-state index is 13.4. The number of carbonyl (C=O) groups is 2. The quantitative estimate of drug-likeness (QED) is 0.456. The predicted molar refractivity (Wildman–Crippen MR) is 127 cm³/mol. The molecule has 0 aromatic heterocycles. The Bertz CT molecular complexity index is 1170. The maximum absolute atomic E-state index is 13.4. The van der Waals surface area contributed by atoms with E-state index in [1.807, 2.05) is 61.5 Å². The molecule has 1 N–H and O–H groups in total. The second kappa shape index (κ2) is 9.00. The number of carbonyl (C=O) groups excluding carboxylic acids is 2. The Morgan fingerprint density at radius 1 is 0.935 bits per heavy atom. The van der Waals surface area contributed by atoms with Gasteiger partial charge in [0.1, 0.15) is 10.6 Å². The van der Waals surface area contributed by atoms with Crippen LogP contribution in [0, 0.1) is 6.92 Å². The molecule has 6 heteroatoms. The minimum absolute atomic E-state index is 0.264. The van der Waals surface area contributed by atoms with Crippen molar-refractivity contribution in [1.82, 2.24) is 0 Å². The molecule has 0 bridgehead atoms. The molecule has 31 heavy (non-hydrogen) atoms. The van der Waals surface area contributed by atoms with Crippen LogP contribution in [0.4, 0.5) is 11.4 Å². The summed E-state index contributed by atoms with van der Waals surface area (Å²) in [7, 11) is 0. The number of aryl methyl sites for hydroxylation is 2. The number of anilines is 2. The Labute approximate surface area is 190 Å². The average Bonchev–Trinajstić information content (AvgIpc) is 3.01. The fraction of sp³-hybridized carbons (Fsp3) is 0.120. The predicted octanol–water partition coefficient (Wildman–Crippen LogP) is 6.20. The molecule has 3 aromatic carbocycles. The van der Waals surface area contributed by atoms with Crippen LogP contribution in [-0.4, -0.2) is 11.8 Å². The highest BCUT2D eigenvalue weighted by molar-refractivity contribution is 8.04. The molecule has 4 rings (SSSR count). The van der Waals surface area contributed by atoms with Gasteiger partial charge in [0.05, 0.1) is 5.69 Å². The number of rotatable bonds is 6. The molecule has 2 amide bonds. The van der Waals surface area contributed by atoms with Gasteiger partial charge >= 0.3 is 0 Å². The highest BCUT2D eigenvalue weighted by Gasteiger charge is 2.40. The topological polar surface area (TPSA) is 49.4 Å². The highest BCUT2D eigenvalue weighted by atomic mass is 35.5. The van der Waals surface area contributed by atoms with E-state index >= 15 is 0 Å². The minimum atomic E-state index is -0.400. The summed E-state index contributed by atoms with van der Waals surface area (Å²) in [6.07, 6.45) is 0.928. The van der Waals surface area contributed by atoms with E-state index in [0.29, 0.717) is 15.6 Å². The van der Waals surface area contributed by atoms with Crippen LogP contribution >= 0.6 is 23.4 Å². The molecule has 0 atom stereocenters. The van der Waals surface area contributed by atoms with E-state index in [1.165, 1.54) is 22.2 Å². The molecule has 0 aliphatic carbocycles. The molecule has 4 nitrogen and oxygen atoms in total. The van der Waals surface area contributed by atoms with Crippen LogP contribution in [0.15, 0.2) is 88.3 Å². The molecule has 1 aliphatic heterocycles. The van der Waals surface area contributed by atoms with Gasteiger partial charge in [-0.15, -0.1) is 0 Å². The Morgan fingerprint density at radius 2 is 1.65 bits per heavy atom. The van der Waals surface area contributed by atoms with Gasteiger partial charge in [0.25, 0.3) is 11.8 Å². The van der Waals surface area contributed by atoms with Crippen LogP contribution < -0.4 is 10.2 Å². The van der Waals surface area contributed by atoms with Gasteiger partial charge in [0, 0.05) is 15.6 Å². The molecule has 0 saturated heterocycles. The van der Waals surface area contributed by atoms with Crippen LogP contribution in [0.1, 0.15) is 18.1 Å². The molecule has 0 saturated carbocycles. The highest BCUT2D eigenvalue weighted by Crippen LogP contribution is 2.38. The number of imide groups is 1. The SMILES string of the molecule is CCc1ccc(NC2=C(Sc3ccccc3)C(=O)N(c3ccc(C)c(Cl)c3)C2=O)cc1. The van der Waals surface area contributed by atoms with Crippen molar-refractivity contribution in [3.05, 3.63) is 99.5 Å². The zero-order valence-corrected chi connectivity index (χ0v) is 18.8. The molecular formula is C25H21ClN2O2S. The fourth-order valence-corrected chi connectivity index (χ4v) is 4.37. The lowest BCUT2D eigenvalue weighted by Crippen LogP contribution is -2.32. The number of hydrogen-bond acceptors (Lipinski definition) is 4. The van der Waals surface area contributed by atoms with E-state index in [4.69, 9.17) is 11.6 Å². The van der Waals surface area contributed by atoms with Crippen molar-refractivity contribution in [3.63, 3.8) is 0 Å². The number of thioether (sulfide) groups is 1. The smallest absolute Gasteiger partial charge is 0.283 e. The number of nitrogens with one attached hydrogen (secondary N) is 1. The van der Waals surface area contributed by atoms with Crippen LogP contribution in [0.5, 0.6) is 0 Å². The summed E-state index contributed by atoms with van der Waals surface area (Å²) in [5, 5.41) is 3.69. The first-order chi connectivity index (χ1) is 15.0. The van der Waals surface area contributed by atoms with Crippen molar-refractivity contribution in [3.8, 4) is 0 Å². The second-order valence-electron chi connectivity index (χ2n) is 7.17. The lowest BCUT2D eigenvalue weighted by Gasteiger charge is -2.16. The normalized spacial score (nSPS) is 13.8. The van der Waals surface area contributed by atoms with Gasteiger partial charge < -0.3 is 5.32 Å². The largest absolute Gasteiger partial charge is 0.350 e. The Hall–Kier alpha value is -3.02. The Kier molecular flexibility index (Phi) is 6.16. The standard InChI is InChI=1S/C25H21ClN2O2S/c1-3-17-10-12-18(13-11-17)27-22-23(31-20-7-5-4-6-8-20)25(30)28(24(22)29)19-14-9-16(2)21(26)15-19/h4-15,27H,3H2,1-2H3. The zero-order chi connectivity index (χ0) is 22.0. The van der Waals surface area contributed by atoms with Gasteiger partial charge in [0.15, 0.2) is 0 Å². The van der Waals surface area contributed by atoms with Crippen molar-refractivity contribution in [2.75, 3.05) is 10.2 Å². The molecule has 0 spiro atoms. The third kappa shape index (κ3) is 4.38. The van der Waals surface area contributed by atoms with Crippen molar-refractivity contribution >= 4 is 46.6 Å². The van der Waals surface area contributed by atoms with Crippen LogP contribution in [0.3, 0.4) is 0 Å². The number of halogens is 1. The Morgan fingerprint density at radius 3 is 2.29 bits per heavy atom. The summed E-state index contributed by atoms with van der Waals surface area (Å²) in [5.41, 5.74) is 3.55. The lowest BCUT2D eigenvalue weighted by atomic mass is 10.1. The monoisotopic (exact) mass is 448 g/mol. The van der Waals surface area contributed by atoms with Crippen LogP contribution in [-0.2, 0) is 16.0 Å². The average molecular weight is 449 g/mol. The summed E-state index contributed by atoms with van der Waals surface area (Å²) in [5.74, 6) is -0.769. The molecular weight excluding hydrogens is 428 g/mol. The molecule has 0 radical (unpaired) electrons. The van der Waals surface area contributed by atoms with Crippen molar-refractivity contribution < 1.29 is 9.59 Å². The maximum Gasteiger partial charge on any atom is 0.283 e. The molecule has 0 unspecified atom stereocenters. The Balaban J connectivity index is 1.73. The summed E-state index contributed by atoms with van der Waals surface area (Å²) in [4.78, 5) is 29.1. The van der Waals surface area contributed by atoms with Crippen molar-refractivity contribution in [1.29, 1.82) is 0 Å². The van der Waals surface area contributed by atoms with Crippen LogP contribution in [0.2, 0.25) is 5.02 Å². The van der Waals surface area contributed by atoms with Gasteiger partial charge in [-0.05, 0) is 60.9 Å². The third-order valence-corrected chi connectivity index (χ3v) is 6.55. The van der Waals surface area contributed by atoms with E-state index in [9.17, 15) is 9.59 Å². The van der Waals surface area contributed by atoms with Crippen molar-refractivity contribution in [2.45, 2.75) is 25.2 Å². The van der Waals surface area contributed by atoms with Gasteiger partial charge in [-0.25, -0.2) is 4.90 Å². The molecule has 0 fully saturated rings. The third-order valence-electron chi connectivity index (χ3n) is 5.05. The van der Waals surface area contributed by atoms with E-state index in [0.717, 1.165) is 22.6 Å². The molecule has 156 valence electrons. The van der Waals surface area contributed by atoms with Crippen molar-refractivity contribution in [2.24, 2.45) is 0 Å². The summed E-state index contributed by atoms with van der Waals surface area (Å²) in [6, 6.07) is 22.6. The van der Waals surface area contributed by atoms with E-state index < -0.39 is 5.91 Å². The molecule has 1 aliphatic rings. The summed E-state index contributed by atoms with van der Waals surface area (Å²) >= 11 is 7.54. The van der Waals surface area contributed by atoms with E-state index in [1.54, 1.807) is 18.2 Å². The van der Waals surface area contributed by atoms with Gasteiger partial charge in [0.2, 0.25) is 0 Å². The van der Waals surface area contributed by atoms with Gasteiger partial charge in [-0.3, -0.25) is 9.59 Å². The first kappa shape index (κ1) is 21.2. The number of amides is 2. The fourth-order valence-electron chi connectivity index (χ4n) is 3.24. The molecule has 3 aromatic rings. The minimum Gasteiger partial charge on any atom is -0.350 e. The molecule has 1 heterocycles. The number of benzene rings is 3.